The van der Waals surface area contributed by atoms with E-state index >= 15 is 0 Å². The lowest BCUT2D eigenvalue weighted by Crippen LogP contribution is -2.56. The van der Waals surface area contributed by atoms with E-state index in [2.05, 4.69) is 11.8 Å². The second-order valence-electron chi connectivity index (χ2n) is 6.08. The monoisotopic (exact) mass is 279 g/mol. The molecule has 1 aromatic carbocycles. The maximum absolute atomic E-state index is 13.0. The molecule has 0 aliphatic carbocycles. The number of halogens is 1. The van der Waals surface area contributed by atoms with Gasteiger partial charge < -0.3 is 5.11 Å². The number of hydrogen-bond acceptors (Lipinski definition) is 2. The number of carboxylic acids is 1. The average molecular weight is 279 g/mol. The Morgan fingerprint density at radius 1 is 1.45 bits per heavy atom. The number of benzene rings is 1. The number of rotatable bonds is 4. The summed E-state index contributed by atoms with van der Waals surface area (Å²) in [5, 5.41) is 9.67. The molecule has 0 bridgehead atoms. The third kappa shape index (κ3) is 3.18. The van der Waals surface area contributed by atoms with Gasteiger partial charge in [-0.05, 0) is 49.9 Å². The van der Waals surface area contributed by atoms with E-state index < -0.39 is 11.5 Å². The first-order valence-corrected chi connectivity index (χ1v) is 7.15. The van der Waals surface area contributed by atoms with E-state index in [0.717, 1.165) is 31.5 Å². The van der Waals surface area contributed by atoms with Crippen LogP contribution in [0, 0.1) is 11.7 Å². The van der Waals surface area contributed by atoms with Crippen LogP contribution in [0.4, 0.5) is 4.39 Å². The molecule has 2 atom stereocenters. The Kier molecular flexibility index (Phi) is 4.43. The lowest BCUT2D eigenvalue weighted by atomic mass is 9.87. The summed E-state index contributed by atoms with van der Waals surface area (Å²) in [4.78, 5) is 13.8. The summed E-state index contributed by atoms with van der Waals surface area (Å²) < 4.78 is 13.0. The number of nitrogens with zero attached hydrogens (tertiary/aromatic N) is 1. The van der Waals surface area contributed by atoms with Crippen LogP contribution >= 0.6 is 0 Å². The van der Waals surface area contributed by atoms with Crippen molar-refractivity contribution in [1.82, 2.24) is 4.90 Å². The SMILES string of the molecule is CC1CCCN(C(C)(Cc2ccc(F)cc2)C(=O)O)C1. The smallest absolute Gasteiger partial charge is 0.324 e. The van der Waals surface area contributed by atoms with E-state index in [1.54, 1.807) is 19.1 Å². The zero-order chi connectivity index (χ0) is 14.8. The number of carboxylic acid groups (broad SMARTS) is 1. The van der Waals surface area contributed by atoms with Crippen LogP contribution in [0.2, 0.25) is 0 Å². The average Bonchev–Trinajstić information content (AvgIpc) is 2.41. The van der Waals surface area contributed by atoms with Crippen molar-refractivity contribution < 1.29 is 14.3 Å². The number of aliphatic carboxylic acids is 1. The molecule has 1 aliphatic heterocycles. The third-order valence-electron chi connectivity index (χ3n) is 4.28. The fraction of sp³-hybridized carbons (Fsp3) is 0.562. The Bertz CT molecular complexity index is 474. The molecule has 0 aromatic heterocycles. The molecule has 110 valence electrons. The summed E-state index contributed by atoms with van der Waals surface area (Å²) in [6.45, 7) is 5.56. The van der Waals surface area contributed by atoms with Crippen LogP contribution in [0.5, 0.6) is 0 Å². The topological polar surface area (TPSA) is 40.5 Å². The van der Waals surface area contributed by atoms with Crippen LogP contribution in [0.15, 0.2) is 24.3 Å². The Labute approximate surface area is 119 Å². The highest BCUT2D eigenvalue weighted by Crippen LogP contribution is 2.27. The highest BCUT2D eigenvalue weighted by molar-refractivity contribution is 5.78. The molecule has 1 N–H and O–H groups in total. The first-order valence-electron chi connectivity index (χ1n) is 7.15. The predicted octanol–water partition coefficient (Wildman–Crippen LogP) is 2.94. The maximum atomic E-state index is 13.0. The van der Waals surface area contributed by atoms with E-state index in [0.29, 0.717) is 12.3 Å². The van der Waals surface area contributed by atoms with E-state index in [-0.39, 0.29) is 5.82 Å². The van der Waals surface area contributed by atoms with Crippen LogP contribution in [0.25, 0.3) is 0 Å². The Morgan fingerprint density at radius 2 is 2.10 bits per heavy atom. The van der Waals surface area contributed by atoms with Crippen molar-refractivity contribution in [3.63, 3.8) is 0 Å². The van der Waals surface area contributed by atoms with Gasteiger partial charge in [0.25, 0.3) is 0 Å². The molecule has 4 heteroatoms. The molecule has 0 radical (unpaired) electrons. The molecule has 2 unspecified atom stereocenters. The van der Waals surface area contributed by atoms with Gasteiger partial charge in [0.15, 0.2) is 0 Å². The first-order chi connectivity index (χ1) is 9.41. The van der Waals surface area contributed by atoms with Crippen molar-refractivity contribution in [3.8, 4) is 0 Å². The molecule has 3 nitrogen and oxygen atoms in total. The van der Waals surface area contributed by atoms with Crippen LogP contribution in [-0.4, -0.2) is 34.6 Å². The summed E-state index contributed by atoms with van der Waals surface area (Å²) in [7, 11) is 0. The van der Waals surface area contributed by atoms with Gasteiger partial charge in [-0.15, -0.1) is 0 Å². The fourth-order valence-corrected chi connectivity index (χ4v) is 2.96. The third-order valence-corrected chi connectivity index (χ3v) is 4.28. The molecule has 1 heterocycles. The summed E-state index contributed by atoms with van der Waals surface area (Å²) in [5.41, 5.74) is -0.0681. The molecule has 0 saturated carbocycles. The summed E-state index contributed by atoms with van der Waals surface area (Å²) in [5.74, 6) is -0.580. The van der Waals surface area contributed by atoms with Crippen molar-refractivity contribution in [2.45, 2.75) is 38.6 Å². The largest absolute Gasteiger partial charge is 0.480 e. The molecule has 0 spiro atoms. The quantitative estimate of drug-likeness (QED) is 0.921. The summed E-state index contributed by atoms with van der Waals surface area (Å²) >= 11 is 0. The lowest BCUT2D eigenvalue weighted by Gasteiger charge is -2.42. The van der Waals surface area contributed by atoms with Crippen LogP contribution in [0.3, 0.4) is 0 Å². The van der Waals surface area contributed by atoms with Gasteiger partial charge in [-0.2, -0.15) is 0 Å². The highest BCUT2D eigenvalue weighted by Gasteiger charge is 2.41. The van der Waals surface area contributed by atoms with Crippen molar-refractivity contribution >= 4 is 5.97 Å². The van der Waals surface area contributed by atoms with E-state index in [1.807, 2.05) is 0 Å². The number of likely N-dealkylation sites (tertiary alicyclic amines) is 1. The molecular weight excluding hydrogens is 257 g/mol. The van der Waals surface area contributed by atoms with Gasteiger partial charge >= 0.3 is 5.97 Å². The minimum Gasteiger partial charge on any atom is -0.480 e. The Hall–Kier alpha value is -1.42. The van der Waals surface area contributed by atoms with Gasteiger partial charge in [-0.25, -0.2) is 4.39 Å². The highest BCUT2D eigenvalue weighted by atomic mass is 19.1. The van der Waals surface area contributed by atoms with Gasteiger partial charge in [-0.1, -0.05) is 19.1 Å². The number of hydrogen-bond donors (Lipinski definition) is 1. The standard InChI is InChI=1S/C16H22FNO2/c1-12-4-3-9-18(11-12)16(2,15(19)20)10-13-5-7-14(17)8-6-13/h5-8,12H,3-4,9-11H2,1-2H3,(H,19,20). The zero-order valence-corrected chi connectivity index (χ0v) is 12.1. The van der Waals surface area contributed by atoms with Crippen molar-refractivity contribution in [3.05, 3.63) is 35.6 Å². The second-order valence-corrected chi connectivity index (χ2v) is 6.08. The molecule has 1 aromatic rings. The molecule has 1 fully saturated rings. The maximum Gasteiger partial charge on any atom is 0.324 e. The molecule has 1 aliphatic rings. The van der Waals surface area contributed by atoms with Crippen LogP contribution < -0.4 is 0 Å². The second kappa shape index (κ2) is 5.92. The van der Waals surface area contributed by atoms with Gasteiger partial charge in [-0.3, -0.25) is 9.69 Å². The van der Waals surface area contributed by atoms with Gasteiger partial charge in [0.2, 0.25) is 0 Å². The minimum absolute atomic E-state index is 0.294. The number of carbonyl (C=O) groups is 1. The summed E-state index contributed by atoms with van der Waals surface area (Å²) in [6.07, 6.45) is 2.59. The van der Waals surface area contributed by atoms with Crippen molar-refractivity contribution in [2.75, 3.05) is 13.1 Å². The molecule has 2 rings (SSSR count). The number of piperidine rings is 1. The molecule has 1 saturated heterocycles. The van der Waals surface area contributed by atoms with Crippen LogP contribution in [-0.2, 0) is 11.2 Å². The van der Waals surface area contributed by atoms with E-state index in [1.165, 1.54) is 12.1 Å². The van der Waals surface area contributed by atoms with Gasteiger partial charge in [0.1, 0.15) is 11.4 Å². The van der Waals surface area contributed by atoms with Crippen molar-refractivity contribution in [1.29, 1.82) is 0 Å². The first kappa shape index (κ1) is 15.0. The molecule has 20 heavy (non-hydrogen) atoms. The lowest BCUT2D eigenvalue weighted by molar-refractivity contribution is -0.151. The zero-order valence-electron chi connectivity index (χ0n) is 12.1. The Balaban J connectivity index is 2.20. The summed E-state index contributed by atoms with van der Waals surface area (Å²) in [6, 6.07) is 6.11. The predicted molar refractivity (Wildman–Crippen MR) is 76.1 cm³/mol. The van der Waals surface area contributed by atoms with Crippen molar-refractivity contribution in [2.24, 2.45) is 5.92 Å². The van der Waals surface area contributed by atoms with Crippen LogP contribution in [0.1, 0.15) is 32.3 Å². The Morgan fingerprint density at radius 3 is 2.65 bits per heavy atom. The minimum atomic E-state index is -0.924. The molecular formula is C16H22FNO2. The van der Waals surface area contributed by atoms with E-state index in [4.69, 9.17) is 0 Å². The fourth-order valence-electron chi connectivity index (χ4n) is 2.96. The van der Waals surface area contributed by atoms with Gasteiger partial charge in [0, 0.05) is 13.0 Å². The van der Waals surface area contributed by atoms with E-state index in [9.17, 15) is 14.3 Å². The molecule has 0 amide bonds. The van der Waals surface area contributed by atoms with Gasteiger partial charge in [0.05, 0.1) is 0 Å². The normalized spacial score (nSPS) is 23.2.